The Bertz CT molecular complexity index is 627. The van der Waals surface area contributed by atoms with E-state index in [1.807, 2.05) is 13.8 Å². The minimum atomic E-state index is -3.78. The van der Waals surface area contributed by atoms with E-state index in [4.69, 9.17) is 4.74 Å². The van der Waals surface area contributed by atoms with Gasteiger partial charge in [-0.15, -0.1) is 0 Å². The van der Waals surface area contributed by atoms with E-state index in [1.165, 1.54) is 19.2 Å². The van der Waals surface area contributed by atoms with Gasteiger partial charge in [0.25, 0.3) is 0 Å². The van der Waals surface area contributed by atoms with Gasteiger partial charge in [-0.2, -0.15) is 4.72 Å². The first kappa shape index (κ1) is 21.4. The lowest BCUT2D eigenvalue weighted by Gasteiger charge is -2.20. The van der Waals surface area contributed by atoms with Crippen LogP contribution in [-0.4, -0.2) is 34.0 Å². The van der Waals surface area contributed by atoms with Gasteiger partial charge in [0.15, 0.2) is 0 Å². The zero-order valence-electron chi connectivity index (χ0n) is 15.5. The first-order valence-electron chi connectivity index (χ1n) is 8.74. The molecule has 0 aliphatic rings. The van der Waals surface area contributed by atoms with Crippen molar-refractivity contribution < 1.29 is 17.9 Å². The summed E-state index contributed by atoms with van der Waals surface area (Å²) in [4.78, 5) is 12.5. The molecule has 1 atom stereocenters. The predicted octanol–water partition coefficient (Wildman–Crippen LogP) is 2.69. The van der Waals surface area contributed by atoms with Crippen molar-refractivity contribution in [2.45, 2.75) is 57.4 Å². The van der Waals surface area contributed by atoms with E-state index in [-0.39, 0.29) is 16.7 Å². The molecule has 2 N–H and O–H groups in total. The van der Waals surface area contributed by atoms with Crippen LogP contribution in [0.4, 0.5) is 0 Å². The molecule has 1 rings (SSSR count). The summed E-state index contributed by atoms with van der Waals surface area (Å²) >= 11 is 0. The van der Waals surface area contributed by atoms with Crippen molar-refractivity contribution in [3.8, 4) is 5.75 Å². The van der Waals surface area contributed by atoms with Crippen LogP contribution in [0.25, 0.3) is 0 Å². The monoisotopic (exact) mass is 370 g/mol. The Balaban J connectivity index is 2.82. The van der Waals surface area contributed by atoms with Gasteiger partial charge in [-0.1, -0.05) is 33.6 Å². The maximum atomic E-state index is 12.6. The minimum absolute atomic E-state index is 0.112. The van der Waals surface area contributed by atoms with Gasteiger partial charge in [0.1, 0.15) is 11.8 Å². The van der Waals surface area contributed by atoms with Crippen LogP contribution in [-0.2, 0) is 14.8 Å². The summed E-state index contributed by atoms with van der Waals surface area (Å²) in [7, 11) is -2.26. The number of rotatable bonds is 11. The van der Waals surface area contributed by atoms with Crippen molar-refractivity contribution >= 4 is 15.9 Å². The molecule has 0 aromatic heterocycles. The SMILES string of the molecule is CCCCCNC(=O)[C@@H](CC(C)C)NS(=O)(=O)c1ccc(OC)cc1. The largest absolute Gasteiger partial charge is 0.497 e. The molecule has 0 aliphatic heterocycles. The number of ether oxygens (including phenoxy) is 1. The summed E-state index contributed by atoms with van der Waals surface area (Å²) in [6.45, 7) is 6.57. The number of hydrogen-bond donors (Lipinski definition) is 2. The van der Waals surface area contributed by atoms with Gasteiger partial charge in [0.05, 0.1) is 12.0 Å². The normalized spacial score (nSPS) is 12.8. The number of nitrogens with one attached hydrogen (secondary N) is 2. The van der Waals surface area contributed by atoms with Gasteiger partial charge in [0, 0.05) is 6.54 Å². The van der Waals surface area contributed by atoms with Crippen molar-refractivity contribution in [1.29, 1.82) is 0 Å². The van der Waals surface area contributed by atoms with Gasteiger partial charge < -0.3 is 10.1 Å². The molecule has 0 fully saturated rings. The van der Waals surface area contributed by atoms with Crippen molar-refractivity contribution in [2.75, 3.05) is 13.7 Å². The second-order valence-electron chi connectivity index (χ2n) is 6.48. The fraction of sp³-hybridized carbons (Fsp3) is 0.611. The molecular formula is C18H30N2O4S. The number of unbranched alkanes of at least 4 members (excludes halogenated alkanes) is 2. The number of amides is 1. The lowest BCUT2D eigenvalue weighted by atomic mass is 10.0. The lowest BCUT2D eigenvalue weighted by molar-refractivity contribution is -0.123. The fourth-order valence-corrected chi connectivity index (χ4v) is 3.61. The number of sulfonamides is 1. The Hall–Kier alpha value is -1.60. The van der Waals surface area contributed by atoms with E-state index in [1.54, 1.807) is 12.1 Å². The van der Waals surface area contributed by atoms with Gasteiger partial charge in [-0.25, -0.2) is 8.42 Å². The Morgan fingerprint density at radius 2 is 1.80 bits per heavy atom. The van der Waals surface area contributed by atoms with Crippen molar-refractivity contribution in [1.82, 2.24) is 10.0 Å². The Morgan fingerprint density at radius 1 is 1.16 bits per heavy atom. The summed E-state index contributed by atoms with van der Waals surface area (Å²) in [6.07, 6.45) is 3.43. The van der Waals surface area contributed by atoms with Crippen LogP contribution in [0.3, 0.4) is 0 Å². The molecule has 0 unspecified atom stereocenters. The van der Waals surface area contributed by atoms with Crippen LogP contribution in [0.5, 0.6) is 5.75 Å². The Kier molecular flexibility index (Phi) is 8.92. The molecule has 1 aromatic rings. The summed E-state index contributed by atoms with van der Waals surface area (Å²) in [5.74, 6) is 0.484. The summed E-state index contributed by atoms with van der Waals surface area (Å²) in [6, 6.07) is 5.31. The predicted molar refractivity (Wildman–Crippen MR) is 99.1 cm³/mol. The summed E-state index contributed by atoms with van der Waals surface area (Å²) in [5.41, 5.74) is 0. The number of hydrogen-bond acceptors (Lipinski definition) is 4. The smallest absolute Gasteiger partial charge is 0.241 e. The highest BCUT2D eigenvalue weighted by atomic mass is 32.2. The van der Waals surface area contributed by atoms with Gasteiger partial charge in [-0.05, 0) is 43.0 Å². The maximum Gasteiger partial charge on any atom is 0.241 e. The van der Waals surface area contributed by atoms with Gasteiger partial charge >= 0.3 is 0 Å². The average molecular weight is 371 g/mol. The number of benzene rings is 1. The summed E-state index contributed by atoms with van der Waals surface area (Å²) in [5, 5.41) is 2.83. The molecule has 25 heavy (non-hydrogen) atoms. The molecule has 7 heteroatoms. The molecule has 0 radical (unpaired) electrons. The van der Waals surface area contributed by atoms with Crippen LogP contribution >= 0.6 is 0 Å². The van der Waals surface area contributed by atoms with E-state index < -0.39 is 16.1 Å². The van der Waals surface area contributed by atoms with E-state index in [2.05, 4.69) is 17.0 Å². The van der Waals surface area contributed by atoms with Crippen molar-refractivity contribution in [3.05, 3.63) is 24.3 Å². The highest BCUT2D eigenvalue weighted by molar-refractivity contribution is 7.89. The molecule has 142 valence electrons. The van der Waals surface area contributed by atoms with Gasteiger partial charge in [0.2, 0.25) is 15.9 Å². The zero-order chi connectivity index (χ0) is 18.9. The third-order valence-corrected chi connectivity index (χ3v) is 5.26. The molecule has 0 bridgehead atoms. The molecule has 0 heterocycles. The van der Waals surface area contributed by atoms with Crippen LogP contribution in [0.15, 0.2) is 29.2 Å². The molecule has 6 nitrogen and oxygen atoms in total. The standard InChI is InChI=1S/C18H30N2O4S/c1-5-6-7-12-19-18(21)17(13-14(2)3)20-25(22,23)16-10-8-15(24-4)9-11-16/h8-11,14,17,20H,5-7,12-13H2,1-4H3,(H,19,21)/t17-/m1/s1. The second kappa shape index (κ2) is 10.4. The topological polar surface area (TPSA) is 84.5 Å². The Labute approximate surface area is 151 Å². The average Bonchev–Trinajstić information content (AvgIpc) is 2.57. The van der Waals surface area contributed by atoms with Crippen molar-refractivity contribution in [3.63, 3.8) is 0 Å². The van der Waals surface area contributed by atoms with Crippen LogP contribution in [0.1, 0.15) is 46.5 Å². The Morgan fingerprint density at radius 3 is 2.32 bits per heavy atom. The molecule has 0 saturated heterocycles. The highest BCUT2D eigenvalue weighted by Gasteiger charge is 2.26. The van der Waals surface area contributed by atoms with E-state index in [0.717, 1.165) is 19.3 Å². The second-order valence-corrected chi connectivity index (χ2v) is 8.19. The molecule has 1 aromatic carbocycles. The van der Waals surface area contributed by atoms with E-state index in [9.17, 15) is 13.2 Å². The molecule has 0 saturated carbocycles. The van der Waals surface area contributed by atoms with Crippen molar-refractivity contribution in [2.24, 2.45) is 5.92 Å². The zero-order valence-corrected chi connectivity index (χ0v) is 16.4. The number of carbonyl (C=O) groups is 1. The molecular weight excluding hydrogens is 340 g/mol. The quantitative estimate of drug-likeness (QED) is 0.587. The maximum absolute atomic E-state index is 12.6. The highest BCUT2D eigenvalue weighted by Crippen LogP contribution is 2.17. The molecule has 0 spiro atoms. The lowest BCUT2D eigenvalue weighted by Crippen LogP contribution is -2.47. The van der Waals surface area contributed by atoms with Gasteiger partial charge in [-0.3, -0.25) is 4.79 Å². The minimum Gasteiger partial charge on any atom is -0.497 e. The van der Waals surface area contributed by atoms with E-state index in [0.29, 0.717) is 18.7 Å². The van der Waals surface area contributed by atoms with Crippen LogP contribution in [0.2, 0.25) is 0 Å². The first-order chi connectivity index (χ1) is 11.8. The third kappa shape index (κ3) is 7.44. The molecule has 0 aliphatic carbocycles. The van der Waals surface area contributed by atoms with E-state index >= 15 is 0 Å². The van der Waals surface area contributed by atoms with Crippen LogP contribution < -0.4 is 14.8 Å². The summed E-state index contributed by atoms with van der Waals surface area (Å²) < 4.78 is 32.7. The van der Waals surface area contributed by atoms with Crippen LogP contribution in [0, 0.1) is 5.92 Å². The number of methoxy groups -OCH3 is 1. The third-order valence-electron chi connectivity index (χ3n) is 3.77. The fourth-order valence-electron chi connectivity index (χ4n) is 2.40. The molecule has 1 amide bonds. The number of carbonyl (C=O) groups excluding carboxylic acids is 1. The first-order valence-corrected chi connectivity index (χ1v) is 10.2.